The van der Waals surface area contributed by atoms with Gasteiger partial charge in [-0.3, -0.25) is 9.59 Å². The van der Waals surface area contributed by atoms with Gasteiger partial charge in [0.05, 0.1) is 0 Å². The summed E-state index contributed by atoms with van der Waals surface area (Å²) in [6.07, 6.45) is 12.5. The van der Waals surface area contributed by atoms with Crippen molar-refractivity contribution >= 4 is 11.8 Å². The Morgan fingerprint density at radius 3 is 2.62 bits per heavy atom. The van der Waals surface area contributed by atoms with E-state index >= 15 is 0 Å². The number of ketones is 1. The smallest absolute Gasteiger partial charge is 0.306 e. The van der Waals surface area contributed by atoms with E-state index in [2.05, 4.69) is 6.92 Å². The number of ether oxygens (including phenoxy) is 1. The Morgan fingerprint density at radius 2 is 1.83 bits per heavy atom. The van der Waals surface area contributed by atoms with Crippen molar-refractivity contribution in [2.45, 2.75) is 76.7 Å². The fourth-order valence-electron chi connectivity index (χ4n) is 7.48. The number of allylic oxidation sites excluding steroid dienone is 1. The molecule has 1 heterocycles. The molecule has 0 radical (unpaired) electrons. The van der Waals surface area contributed by atoms with Crippen molar-refractivity contribution in [2.24, 2.45) is 29.1 Å². The molecule has 0 N–H and O–H groups in total. The van der Waals surface area contributed by atoms with Crippen molar-refractivity contribution in [3.8, 4) is 0 Å². The normalized spacial score (nSPS) is 50.1. The molecule has 0 amide bonds. The van der Waals surface area contributed by atoms with Gasteiger partial charge in [-0.2, -0.15) is 0 Å². The highest BCUT2D eigenvalue weighted by Gasteiger charge is 2.65. The van der Waals surface area contributed by atoms with Crippen LogP contribution in [0.15, 0.2) is 11.6 Å². The topological polar surface area (TPSA) is 43.4 Å². The highest BCUT2D eigenvalue weighted by atomic mass is 16.6. The van der Waals surface area contributed by atoms with Gasteiger partial charge < -0.3 is 4.74 Å². The molecule has 0 aromatic heterocycles. The number of hydrogen-bond acceptors (Lipinski definition) is 3. The van der Waals surface area contributed by atoms with E-state index in [9.17, 15) is 9.59 Å². The van der Waals surface area contributed by atoms with Gasteiger partial charge in [0.15, 0.2) is 5.78 Å². The lowest BCUT2D eigenvalue weighted by atomic mass is 9.50. The summed E-state index contributed by atoms with van der Waals surface area (Å²) in [6.45, 7) is 2.43. The van der Waals surface area contributed by atoms with Gasteiger partial charge in [0, 0.05) is 18.3 Å². The SMILES string of the molecule is CC12CCC3C4CCC(=O)C=C4CCC3C1CC[C@@]21CCC(=O)O1. The van der Waals surface area contributed by atoms with Gasteiger partial charge >= 0.3 is 5.97 Å². The molecule has 3 saturated carbocycles. The van der Waals surface area contributed by atoms with Gasteiger partial charge in [0.25, 0.3) is 0 Å². The third-order valence-corrected chi connectivity index (χ3v) is 8.63. The lowest BCUT2D eigenvalue weighted by molar-refractivity contribution is -0.166. The number of esters is 1. The maximum atomic E-state index is 11.9. The maximum Gasteiger partial charge on any atom is 0.306 e. The minimum absolute atomic E-state index is 0.0265. The van der Waals surface area contributed by atoms with E-state index in [4.69, 9.17) is 4.74 Å². The minimum Gasteiger partial charge on any atom is -0.458 e. The molecule has 0 bridgehead atoms. The molecular formula is C21H28O3. The van der Waals surface area contributed by atoms with Crippen LogP contribution in [0.25, 0.3) is 0 Å². The molecule has 6 atom stereocenters. The first-order valence-electron chi connectivity index (χ1n) is 9.98. The molecule has 1 spiro atoms. The van der Waals surface area contributed by atoms with Gasteiger partial charge in [0.1, 0.15) is 5.60 Å². The van der Waals surface area contributed by atoms with Gasteiger partial charge in [-0.15, -0.1) is 0 Å². The summed E-state index contributed by atoms with van der Waals surface area (Å²) in [7, 11) is 0. The summed E-state index contributed by atoms with van der Waals surface area (Å²) in [4.78, 5) is 23.6. The van der Waals surface area contributed by atoms with Crippen molar-refractivity contribution in [3.05, 3.63) is 11.6 Å². The van der Waals surface area contributed by atoms with Crippen LogP contribution in [0.4, 0.5) is 0 Å². The van der Waals surface area contributed by atoms with Crippen LogP contribution in [-0.4, -0.2) is 17.4 Å². The van der Waals surface area contributed by atoms with Crippen LogP contribution >= 0.6 is 0 Å². The molecule has 130 valence electrons. The number of carbonyl (C=O) groups is 2. The van der Waals surface area contributed by atoms with Gasteiger partial charge in [-0.25, -0.2) is 0 Å². The second-order valence-electron chi connectivity index (χ2n) is 9.27. The molecule has 1 saturated heterocycles. The van der Waals surface area contributed by atoms with E-state index in [1.54, 1.807) is 0 Å². The first-order chi connectivity index (χ1) is 11.5. The molecule has 3 nitrogen and oxygen atoms in total. The Bertz CT molecular complexity index is 635. The zero-order chi connectivity index (χ0) is 16.5. The van der Waals surface area contributed by atoms with Crippen LogP contribution in [0, 0.1) is 29.1 Å². The lowest BCUT2D eigenvalue weighted by Crippen LogP contribution is -2.52. The van der Waals surface area contributed by atoms with E-state index in [1.807, 2.05) is 6.08 Å². The molecule has 5 rings (SSSR count). The molecular weight excluding hydrogens is 300 g/mol. The zero-order valence-electron chi connectivity index (χ0n) is 14.7. The fraction of sp³-hybridized carbons (Fsp3) is 0.810. The Kier molecular flexibility index (Phi) is 3.13. The highest BCUT2D eigenvalue weighted by molar-refractivity contribution is 5.91. The average Bonchev–Trinajstić information content (AvgIpc) is 3.08. The minimum atomic E-state index is -0.154. The molecule has 0 aromatic rings. The van der Waals surface area contributed by atoms with Gasteiger partial charge in [-0.1, -0.05) is 12.5 Å². The molecule has 0 aromatic carbocycles. The third-order valence-electron chi connectivity index (χ3n) is 8.63. The van der Waals surface area contributed by atoms with Crippen LogP contribution < -0.4 is 0 Å². The summed E-state index contributed by atoms with van der Waals surface area (Å²) in [5.74, 6) is 3.29. The lowest BCUT2D eigenvalue weighted by Gasteiger charge is -2.55. The third kappa shape index (κ3) is 1.84. The quantitative estimate of drug-likeness (QED) is 0.626. The molecule has 4 aliphatic carbocycles. The molecule has 24 heavy (non-hydrogen) atoms. The molecule has 5 unspecified atom stereocenters. The predicted molar refractivity (Wildman–Crippen MR) is 90.2 cm³/mol. The van der Waals surface area contributed by atoms with Crippen molar-refractivity contribution in [2.75, 3.05) is 0 Å². The summed E-state index contributed by atoms with van der Waals surface area (Å²) in [6, 6.07) is 0. The Labute approximate surface area is 144 Å². The van der Waals surface area contributed by atoms with E-state index in [0.29, 0.717) is 24.0 Å². The largest absolute Gasteiger partial charge is 0.458 e. The molecule has 3 heteroatoms. The Hall–Kier alpha value is -1.12. The van der Waals surface area contributed by atoms with E-state index in [0.717, 1.165) is 43.9 Å². The second-order valence-corrected chi connectivity index (χ2v) is 9.27. The Morgan fingerprint density at radius 1 is 0.958 bits per heavy atom. The number of carbonyl (C=O) groups excluding carboxylic acids is 2. The first-order valence-corrected chi connectivity index (χ1v) is 9.98. The van der Waals surface area contributed by atoms with E-state index < -0.39 is 0 Å². The first kappa shape index (κ1) is 15.2. The number of hydrogen-bond donors (Lipinski definition) is 0. The predicted octanol–water partition coefficient (Wildman–Crippen LogP) is 4.20. The van der Waals surface area contributed by atoms with Crippen LogP contribution in [0.1, 0.15) is 71.1 Å². The van der Waals surface area contributed by atoms with Crippen molar-refractivity contribution in [1.29, 1.82) is 0 Å². The summed E-state index contributed by atoms with van der Waals surface area (Å²) in [5.41, 5.74) is 1.49. The maximum absolute atomic E-state index is 11.9. The average molecular weight is 328 g/mol. The van der Waals surface area contributed by atoms with E-state index in [1.165, 1.54) is 31.3 Å². The van der Waals surface area contributed by atoms with Crippen molar-refractivity contribution in [1.82, 2.24) is 0 Å². The van der Waals surface area contributed by atoms with E-state index in [-0.39, 0.29) is 17.0 Å². The van der Waals surface area contributed by atoms with Gasteiger partial charge in [0.2, 0.25) is 0 Å². The van der Waals surface area contributed by atoms with Crippen LogP contribution in [-0.2, 0) is 14.3 Å². The molecule has 4 fully saturated rings. The summed E-state index contributed by atoms with van der Waals surface area (Å²) >= 11 is 0. The monoisotopic (exact) mass is 328 g/mol. The highest BCUT2D eigenvalue weighted by Crippen LogP contribution is 2.67. The molecule has 1 aliphatic heterocycles. The van der Waals surface area contributed by atoms with Crippen molar-refractivity contribution < 1.29 is 14.3 Å². The second kappa shape index (κ2) is 4.95. The fourth-order valence-corrected chi connectivity index (χ4v) is 7.48. The van der Waals surface area contributed by atoms with Crippen LogP contribution in [0.3, 0.4) is 0 Å². The zero-order valence-corrected chi connectivity index (χ0v) is 14.7. The number of rotatable bonds is 0. The van der Waals surface area contributed by atoms with Gasteiger partial charge in [-0.05, 0) is 81.1 Å². The summed E-state index contributed by atoms with van der Waals surface area (Å²) in [5, 5.41) is 0. The van der Waals surface area contributed by atoms with Crippen LogP contribution in [0.5, 0.6) is 0 Å². The van der Waals surface area contributed by atoms with Crippen LogP contribution in [0.2, 0.25) is 0 Å². The van der Waals surface area contributed by atoms with Crippen molar-refractivity contribution in [3.63, 3.8) is 0 Å². The summed E-state index contributed by atoms with van der Waals surface area (Å²) < 4.78 is 5.99. The standard InChI is InChI=1S/C21H28O3/c1-20-9-6-16-15-5-3-14(22)12-13(15)2-4-17(16)18(20)7-10-21(20)11-8-19(23)24-21/h12,15-18H,2-11H2,1H3/t15?,16?,17?,18?,20?,21-/m1/s1. The molecule has 5 aliphatic rings. The number of fused-ring (bicyclic) bond motifs is 6. The Balaban J connectivity index is 1.45.